The minimum absolute atomic E-state index is 0.128. The smallest absolute Gasteiger partial charge is 0.184 e. The fraction of sp³-hybridized carbons (Fsp3) is 0.100. The maximum Gasteiger partial charge on any atom is 0.184 e. The van der Waals surface area contributed by atoms with Crippen LogP contribution in [0.1, 0.15) is 6.92 Å². The van der Waals surface area contributed by atoms with Gasteiger partial charge in [-0.1, -0.05) is 18.2 Å². The zero-order valence-electron chi connectivity index (χ0n) is 8.84. The first-order chi connectivity index (χ1) is 7.68. The van der Waals surface area contributed by atoms with E-state index in [1.807, 2.05) is 30.3 Å². The lowest BCUT2D eigenvalue weighted by Crippen LogP contribution is -2.25. The number of benzene rings is 1. The number of nitrogens with zero attached hydrogens (tertiary/aromatic N) is 2. The van der Waals surface area contributed by atoms with Crippen LogP contribution in [0.4, 0.5) is 5.69 Å². The lowest BCUT2D eigenvalue weighted by Gasteiger charge is -1.98. The van der Waals surface area contributed by atoms with Gasteiger partial charge >= 0.3 is 0 Å². The van der Waals surface area contributed by atoms with Crippen LogP contribution in [0.25, 0.3) is 0 Å². The van der Waals surface area contributed by atoms with Gasteiger partial charge in [0.1, 0.15) is 0 Å². The van der Waals surface area contributed by atoms with Crippen molar-refractivity contribution in [2.75, 3.05) is 5.43 Å². The van der Waals surface area contributed by atoms with Crippen LogP contribution in [0.3, 0.4) is 0 Å². The first-order valence-electron chi connectivity index (χ1n) is 4.62. The second-order valence-corrected chi connectivity index (χ2v) is 3.41. The van der Waals surface area contributed by atoms with Crippen LogP contribution in [0.15, 0.2) is 40.5 Å². The molecule has 0 heterocycles. The van der Waals surface area contributed by atoms with E-state index in [0.29, 0.717) is 5.71 Å². The highest BCUT2D eigenvalue weighted by Crippen LogP contribution is 2.03. The summed E-state index contributed by atoms with van der Waals surface area (Å²) in [5, 5.41) is 7.98. The largest absolute Gasteiger partial charge is 0.375 e. The maximum atomic E-state index is 5.21. The maximum absolute atomic E-state index is 5.21. The monoisotopic (exact) mass is 235 g/mol. The second kappa shape index (κ2) is 6.52. The van der Waals surface area contributed by atoms with E-state index in [-0.39, 0.29) is 5.11 Å². The van der Waals surface area contributed by atoms with Gasteiger partial charge in [0.05, 0.1) is 17.6 Å². The molecule has 1 aromatic carbocycles. The average Bonchev–Trinajstić information content (AvgIpc) is 2.28. The van der Waals surface area contributed by atoms with Crippen LogP contribution >= 0.6 is 12.2 Å². The highest BCUT2D eigenvalue weighted by molar-refractivity contribution is 7.80. The van der Waals surface area contributed by atoms with E-state index in [2.05, 4.69) is 33.3 Å². The zero-order valence-corrected chi connectivity index (χ0v) is 9.66. The van der Waals surface area contributed by atoms with Gasteiger partial charge in [0.2, 0.25) is 0 Å². The molecule has 5 nitrogen and oxygen atoms in total. The van der Waals surface area contributed by atoms with E-state index in [9.17, 15) is 0 Å². The molecule has 0 saturated carbocycles. The van der Waals surface area contributed by atoms with E-state index in [1.54, 1.807) is 13.1 Å². The van der Waals surface area contributed by atoms with Crippen LogP contribution in [0, 0.1) is 0 Å². The summed E-state index contributed by atoms with van der Waals surface area (Å²) < 4.78 is 0. The predicted octanol–water partition coefficient (Wildman–Crippen LogP) is 1.29. The van der Waals surface area contributed by atoms with Crippen LogP contribution in [0.2, 0.25) is 0 Å². The number of thiocarbonyl (C=S) groups is 1. The number of hydrogen-bond acceptors (Lipinski definition) is 4. The third-order valence-corrected chi connectivity index (χ3v) is 1.65. The van der Waals surface area contributed by atoms with Crippen LogP contribution in [-0.4, -0.2) is 17.0 Å². The number of nitrogens with one attached hydrogen (secondary N) is 2. The molecule has 0 aliphatic rings. The molecule has 84 valence electrons. The SMILES string of the molecule is CC(/C=N/Nc1ccccc1)=N\NC(N)=S. The molecule has 6 heteroatoms. The first-order valence-corrected chi connectivity index (χ1v) is 5.03. The Morgan fingerprint density at radius 3 is 2.69 bits per heavy atom. The molecule has 0 aliphatic heterocycles. The average molecular weight is 235 g/mol. The first kappa shape index (κ1) is 12.1. The molecule has 1 aromatic rings. The number of hydrogen-bond donors (Lipinski definition) is 3. The van der Waals surface area contributed by atoms with Gasteiger partial charge in [-0.15, -0.1) is 0 Å². The van der Waals surface area contributed by atoms with Gasteiger partial charge in [-0.05, 0) is 31.3 Å². The van der Waals surface area contributed by atoms with Gasteiger partial charge in [-0.3, -0.25) is 10.9 Å². The lowest BCUT2D eigenvalue weighted by molar-refractivity contribution is 1.03. The molecule has 16 heavy (non-hydrogen) atoms. The van der Waals surface area contributed by atoms with E-state index in [4.69, 9.17) is 5.73 Å². The van der Waals surface area contributed by atoms with Gasteiger partial charge in [0.15, 0.2) is 5.11 Å². The summed E-state index contributed by atoms with van der Waals surface area (Å²) in [6.07, 6.45) is 1.57. The molecule has 0 saturated heterocycles. The fourth-order valence-electron chi connectivity index (χ4n) is 0.885. The van der Waals surface area contributed by atoms with Crippen molar-refractivity contribution in [1.29, 1.82) is 0 Å². The van der Waals surface area contributed by atoms with Gasteiger partial charge in [-0.25, -0.2) is 0 Å². The molecular formula is C10H13N5S. The van der Waals surface area contributed by atoms with E-state index in [0.717, 1.165) is 5.69 Å². The molecule has 0 unspecified atom stereocenters. The quantitative estimate of drug-likeness (QED) is 0.417. The Balaban J connectivity index is 2.43. The molecule has 0 radical (unpaired) electrons. The third kappa shape index (κ3) is 5.06. The van der Waals surface area contributed by atoms with Crippen molar-refractivity contribution in [2.45, 2.75) is 6.92 Å². The number of nitrogens with two attached hydrogens (primary N) is 1. The summed E-state index contributed by atoms with van der Waals surface area (Å²) >= 11 is 4.60. The van der Waals surface area contributed by atoms with Crippen molar-refractivity contribution >= 4 is 34.9 Å². The Bertz CT molecular complexity index is 399. The zero-order chi connectivity index (χ0) is 11.8. The standard InChI is InChI=1S/C10H13N5S/c1-8(13-15-10(11)16)7-12-14-9-5-3-2-4-6-9/h2-7,14H,1H3,(H3,11,15,16)/b12-7+,13-8+. The summed E-state index contributed by atoms with van der Waals surface area (Å²) in [6.45, 7) is 1.78. The normalized spacial score (nSPS) is 11.4. The minimum atomic E-state index is 0.128. The van der Waals surface area contributed by atoms with Crippen molar-refractivity contribution in [3.05, 3.63) is 30.3 Å². The Morgan fingerprint density at radius 2 is 2.06 bits per heavy atom. The summed E-state index contributed by atoms with van der Waals surface area (Å²) in [5.41, 5.74) is 12.1. The molecule has 0 aliphatic carbocycles. The summed E-state index contributed by atoms with van der Waals surface area (Å²) in [4.78, 5) is 0. The number of para-hydroxylation sites is 1. The topological polar surface area (TPSA) is 74.8 Å². The summed E-state index contributed by atoms with van der Waals surface area (Å²) in [5.74, 6) is 0. The van der Waals surface area contributed by atoms with E-state index in [1.165, 1.54) is 0 Å². The molecule has 0 fully saturated rings. The van der Waals surface area contributed by atoms with Crippen LogP contribution in [-0.2, 0) is 0 Å². The van der Waals surface area contributed by atoms with E-state index >= 15 is 0 Å². The molecule has 0 amide bonds. The summed E-state index contributed by atoms with van der Waals surface area (Å²) in [7, 11) is 0. The Labute approximate surface area is 99.4 Å². The van der Waals surface area contributed by atoms with Crippen molar-refractivity contribution in [3.8, 4) is 0 Å². The van der Waals surface area contributed by atoms with Crippen LogP contribution < -0.4 is 16.6 Å². The Hall–Kier alpha value is -1.95. The molecule has 0 bridgehead atoms. The second-order valence-electron chi connectivity index (χ2n) is 2.97. The van der Waals surface area contributed by atoms with Crippen molar-refractivity contribution in [2.24, 2.45) is 15.9 Å². The summed E-state index contributed by atoms with van der Waals surface area (Å²) in [6, 6.07) is 9.61. The Kier molecular flexibility index (Phi) is 4.94. The van der Waals surface area contributed by atoms with Crippen LogP contribution in [0.5, 0.6) is 0 Å². The van der Waals surface area contributed by atoms with Crippen molar-refractivity contribution in [1.82, 2.24) is 5.43 Å². The molecular weight excluding hydrogens is 222 g/mol. The van der Waals surface area contributed by atoms with Crippen molar-refractivity contribution in [3.63, 3.8) is 0 Å². The Morgan fingerprint density at radius 1 is 1.38 bits per heavy atom. The minimum Gasteiger partial charge on any atom is -0.375 e. The number of rotatable bonds is 4. The van der Waals surface area contributed by atoms with Gasteiger partial charge in [-0.2, -0.15) is 10.2 Å². The van der Waals surface area contributed by atoms with Gasteiger partial charge in [0.25, 0.3) is 0 Å². The highest BCUT2D eigenvalue weighted by Gasteiger charge is 1.87. The molecule has 0 aromatic heterocycles. The third-order valence-electron chi connectivity index (χ3n) is 1.56. The van der Waals surface area contributed by atoms with E-state index < -0.39 is 0 Å². The number of hydrazone groups is 2. The van der Waals surface area contributed by atoms with Gasteiger partial charge in [0, 0.05) is 0 Å². The molecule has 0 spiro atoms. The van der Waals surface area contributed by atoms with Crippen molar-refractivity contribution < 1.29 is 0 Å². The number of anilines is 1. The fourth-order valence-corrected chi connectivity index (χ4v) is 0.931. The lowest BCUT2D eigenvalue weighted by atomic mass is 10.3. The molecule has 4 N–H and O–H groups in total. The van der Waals surface area contributed by atoms with Gasteiger partial charge < -0.3 is 5.73 Å². The predicted molar refractivity (Wildman–Crippen MR) is 71.6 cm³/mol. The highest BCUT2D eigenvalue weighted by atomic mass is 32.1. The molecule has 1 rings (SSSR count). The molecule has 0 atom stereocenters.